The highest BCUT2D eigenvalue weighted by Gasteiger charge is 2.37. The van der Waals surface area contributed by atoms with Gasteiger partial charge in [0.25, 0.3) is 0 Å². The molecule has 0 N–H and O–H groups in total. The van der Waals surface area contributed by atoms with Crippen LogP contribution >= 0.6 is 34.0 Å². The standard InChI is InChI=1S/C53H47NOS3/c1-6-7-8-9-14-34-27-47(50-31-49-48(57-50)30-38(32-55)56-49)58-51(34)33-19-21-35(22-20-33)54(36-23-25-41-39-15-10-12-17-43(39)52(2,3)45(41)28-36)37-24-26-42-40-16-11-13-18-44(40)53(4,5)46(42)29-37/h10-13,15-32H,6-9,14H2,1-5H3. The van der Waals surface area contributed by atoms with Crippen LogP contribution in [0.2, 0.25) is 0 Å². The minimum absolute atomic E-state index is 0.0993. The van der Waals surface area contributed by atoms with Crippen LogP contribution in [0.1, 0.15) is 97.8 Å². The molecule has 0 spiro atoms. The van der Waals surface area contributed by atoms with Crippen molar-refractivity contribution in [3.8, 4) is 42.4 Å². The number of thiophene rings is 3. The number of hydrogen-bond acceptors (Lipinski definition) is 5. The summed E-state index contributed by atoms with van der Waals surface area (Å²) in [4.78, 5) is 18.7. The maximum absolute atomic E-state index is 11.4. The fourth-order valence-corrected chi connectivity index (χ4v) is 13.1. The monoisotopic (exact) mass is 809 g/mol. The zero-order chi connectivity index (χ0) is 39.8. The van der Waals surface area contributed by atoms with Gasteiger partial charge in [-0.3, -0.25) is 4.79 Å². The number of rotatable bonds is 11. The molecule has 58 heavy (non-hydrogen) atoms. The van der Waals surface area contributed by atoms with Crippen LogP contribution in [0.25, 0.3) is 51.8 Å². The number of anilines is 3. The number of aldehydes is 1. The number of unbranched alkanes of at least 4 members (excludes halogenated alkanes) is 3. The van der Waals surface area contributed by atoms with Crippen molar-refractivity contribution in [3.05, 3.63) is 160 Å². The zero-order valence-corrected chi connectivity index (χ0v) is 36.3. The fourth-order valence-electron chi connectivity index (χ4n) is 9.63. The maximum Gasteiger partial charge on any atom is 0.160 e. The van der Waals surface area contributed by atoms with Gasteiger partial charge in [0, 0.05) is 51.9 Å². The van der Waals surface area contributed by atoms with Crippen LogP contribution in [-0.4, -0.2) is 6.29 Å². The largest absolute Gasteiger partial charge is 0.310 e. The Morgan fingerprint density at radius 1 is 0.534 bits per heavy atom. The van der Waals surface area contributed by atoms with Crippen LogP contribution in [0.15, 0.2) is 127 Å². The highest BCUT2D eigenvalue weighted by molar-refractivity contribution is 7.32. The van der Waals surface area contributed by atoms with Gasteiger partial charge in [-0.25, -0.2) is 0 Å². The average Bonchev–Trinajstić information content (AvgIpc) is 4.04. The second kappa shape index (κ2) is 14.3. The van der Waals surface area contributed by atoms with E-state index in [1.54, 1.807) is 22.7 Å². The summed E-state index contributed by atoms with van der Waals surface area (Å²) in [7, 11) is 0. The number of carbonyl (C=O) groups excluding carboxylic acids is 1. The molecular formula is C53H47NOS3. The van der Waals surface area contributed by atoms with Crippen molar-refractivity contribution in [2.24, 2.45) is 0 Å². The molecule has 288 valence electrons. The summed E-state index contributed by atoms with van der Waals surface area (Å²) in [5, 5.41) is 0. The molecule has 2 nitrogen and oxygen atoms in total. The van der Waals surface area contributed by atoms with Crippen LogP contribution in [0.4, 0.5) is 17.1 Å². The number of hydrogen-bond donors (Lipinski definition) is 0. The van der Waals surface area contributed by atoms with E-state index in [1.165, 1.54) is 117 Å². The Kier molecular flexibility index (Phi) is 9.20. The molecule has 0 radical (unpaired) electrons. The quantitative estimate of drug-likeness (QED) is 0.0958. The molecule has 0 aliphatic heterocycles. The topological polar surface area (TPSA) is 20.3 Å². The Morgan fingerprint density at radius 3 is 1.67 bits per heavy atom. The predicted molar refractivity (Wildman–Crippen MR) is 251 cm³/mol. The molecule has 5 aromatic carbocycles. The number of benzene rings is 5. The van der Waals surface area contributed by atoms with Gasteiger partial charge in [-0.05, 0) is 123 Å². The van der Waals surface area contributed by atoms with Crippen molar-refractivity contribution in [3.63, 3.8) is 0 Å². The van der Waals surface area contributed by atoms with Gasteiger partial charge in [0.15, 0.2) is 6.29 Å². The van der Waals surface area contributed by atoms with Crippen LogP contribution in [0.3, 0.4) is 0 Å². The van der Waals surface area contributed by atoms with Gasteiger partial charge in [0.1, 0.15) is 0 Å². The molecular weight excluding hydrogens is 763 g/mol. The Bertz CT molecular complexity index is 2720. The maximum atomic E-state index is 11.4. The van der Waals surface area contributed by atoms with E-state index in [2.05, 4.69) is 161 Å². The van der Waals surface area contributed by atoms with Crippen LogP contribution in [0.5, 0.6) is 0 Å². The SMILES string of the molecule is CCCCCCc1cc(-c2cc3sc(C=O)cc3s2)sc1-c1ccc(N(c2ccc3c(c2)C(C)(C)c2ccccc2-3)c2ccc3c(c2)C(C)(C)c2ccccc2-3)cc1. The van der Waals surface area contributed by atoms with E-state index in [0.29, 0.717) is 0 Å². The van der Waals surface area contributed by atoms with Gasteiger partial charge in [-0.2, -0.15) is 0 Å². The molecule has 0 atom stereocenters. The average molecular weight is 810 g/mol. The summed E-state index contributed by atoms with van der Waals surface area (Å²) < 4.78 is 2.40. The lowest BCUT2D eigenvalue weighted by Gasteiger charge is -2.30. The number of carbonyl (C=O) groups is 1. The van der Waals surface area contributed by atoms with E-state index in [-0.39, 0.29) is 10.8 Å². The van der Waals surface area contributed by atoms with Gasteiger partial charge in [-0.15, -0.1) is 34.0 Å². The molecule has 0 bridgehead atoms. The van der Waals surface area contributed by atoms with Gasteiger partial charge < -0.3 is 4.90 Å². The summed E-state index contributed by atoms with van der Waals surface area (Å²) in [6.45, 7) is 11.8. The molecule has 0 fully saturated rings. The summed E-state index contributed by atoms with van der Waals surface area (Å²) in [5.41, 5.74) is 16.9. The second-order valence-electron chi connectivity index (χ2n) is 17.1. The first-order valence-electron chi connectivity index (χ1n) is 20.7. The number of nitrogens with zero attached hydrogens (tertiary/aromatic N) is 1. The Labute approximate surface area is 354 Å². The fraction of sp³-hybridized carbons (Fsp3) is 0.226. The molecule has 0 saturated carbocycles. The van der Waals surface area contributed by atoms with E-state index in [4.69, 9.17) is 0 Å². The van der Waals surface area contributed by atoms with E-state index >= 15 is 0 Å². The van der Waals surface area contributed by atoms with Gasteiger partial charge >= 0.3 is 0 Å². The van der Waals surface area contributed by atoms with E-state index in [0.717, 1.165) is 23.3 Å². The second-order valence-corrected chi connectivity index (χ2v) is 20.3. The summed E-state index contributed by atoms with van der Waals surface area (Å²) in [6, 6.07) is 48.1. The smallest absolute Gasteiger partial charge is 0.160 e. The highest BCUT2D eigenvalue weighted by Crippen LogP contribution is 2.53. The molecule has 3 heterocycles. The Hall–Kier alpha value is -5.07. The molecule has 2 aliphatic carbocycles. The highest BCUT2D eigenvalue weighted by atomic mass is 32.1. The molecule has 5 heteroatoms. The van der Waals surface area contributed by atoms with Crippen molar-refractivity contribution < 1.29 is 4.79 Å². The molecule has 10 rings (SSSR count). The Balaban J connectivity index is 1.07. The van der Waals surface area contributed by atoms with Gasteiger partial charge in [0.2, 0.25) is 0 Å². The van der Waals surface area contributed by atoms with Crippen molar-refractivity contribution in [2.75, 3.05) is 4.90 Å². The first kappa shape index (κ1) is 37.2. The Morgan fingerprint density at radius 2 is 1.09 bits per heavy atom. The summed E-state index contributed by atoms with van der Waals surface area (Å²) in [5.74, 6) is 0. The molecule has 0 amide bonds. The predicted octanol–water partition coefficient (Wildman–Crippen LogP) is 16.4. The lowest BCUT2D eigenvalue weighted by Crippen LogP contribution is -2.18. The molecule has 0 unspecified atom stereocenters. The minimum Gasteiger partial charge on any atom is -0.310 e. The molecule has 3 aromatic heterocycles. The van der Waals surface area contributed by atoms with E-state index < -0.39 is 0 Å². The van der Waals surface area contributed by atoms with E-state index in [1.807, 2.05) is 17.4 Å². The normalized spacial score (nSPS) is 14.3. The first-order valence-corrected chi connectivity index (χ1v) is 23.1. The third kappa shape index (κ3) is 6.04. The van der Waals surface area contributed by atoms with E-state index in [9.17, 15) is 4.79 Å². The summed E-state index contributed by atoms with van der Waals surface area (Å²) >= 11 is 5.30. The third-order valence-electron chi connectivity index (χ3n) is 12.7. The third-order valence-corrected chi connectivity index (χ3v) is 16.4. The number of aryl methyl sites for hydroxylation is 1. The van der Waals surface area contributed by atoms with Gasteiger partial charge in [-0.1, -0.05) is 127 Å². The van der Waals surface area contributed by atoms with Crippen molar-refractivity contribution in [1.82, 2.24) is 0 Å². The summed E-state index contributed by atoms with van der Waals surface area (Å²) in [6.07, 6.45) is 7.00. The van der Waals surface area contributed by atoms with Crippen molar-refractivity contribution in [1.29, 1.82) is 0 Å². The lowest BCUT2D eigenvalue weighted by atomic mass is 9.82. The van der Waals surface area contributed by atoms with Crippen LogP contribution in [0, 0.1) is 0 Å². The van der Waals surface area contributed by atoms with Crippen molar-refractivity contribution >= 4 is 66.8 Å². The molecule has 2 aliphatic rings. The minimum atomic E-state index is -0.0993. The lowest BCUT2D eigenvalue weighted by molar-refractivity contribution is 0.112. The van der Waals surface area contributed by atoms with Gasteiger partial charge in [0.05, 0.1) is 4.88 Å². The number of fused-ring (bicyclic) bond motifs is 7. The van der Waals surface area contributed by atoms with Crippen LogP contribution < -0.4 is 4.90 Å². The van der Waals surface area contributed by atoms with Crippen LogP contribution in [-0.2, 0) is 17.3 Å². The van der Waals surface area contributed by atoms with Crippen molar-refractivity contribution in [2.45, 2.75) is 77.6 Å². The molecule has 0 saturated heterocycles. The molecule has 8 aromatic rings. The first-order chi connectivity index (χ1) is 28.1. The zero-order valence-electron chi connectivity index (χ0n) is 33.8.